The predicted octanol–water partition coefficient (Wildman–Crippen LogP) is 3.92. The van der Waals surface area contributed by atoms with Crippen molar-refractivity contribution in [1.29, 1.82) is 0 Å². The van der Waals surface area contributed by atoms with E-state index in [0.717, 1.165) is 47.1 Å². The van der Waals surface area contributed by atoms with Gasteiger partial charge in [-0.3, -0.25) is 9.78 Å². The number of rotatable bonds is 3. The van der Waals surface area contributed by atoms with Gasteiger partial charge in [-0.1, -0.05) is 24.6 Å². The summed E-state index contributed by atoms with van der Waals surface area (Å²) in [5, 5.41) is 0.829. The van der Waals surface area contributed by atoms with Gasteiger partial charge in [0.2, 0.25) is 10.0 Å². The molecule has 3 aromatic rings. The molecule has 0 radical (unpaired) electrons. The van der Waals surface area contributed by atoms with Crippen LogP contribution in [0.2, 0.25) is 0 Å². The summed E-state index contributed by atoms with van der Waals surface area (Å²) in [5.74, 6) is -0.0768. The number of hydrogen-bond acceptors (Lipinski definition) is 4. The molecule has 6 nitrogen and oxygen atoms in total. The molecule has 0 spiro atoms. The zero-order valence-electron chi connectivity index (χ0n) is 17.5. The molecule has 0 unspecified atom stereocenters. The van der Waals surface area contributed by atoms with E-state index in [1.165, 1.54) is 0 Å². The summed E-state index contributed by atoms with van der Waals surface area (Å²) in [5.41, 5.74) is 3.92. The summed E-state index contributed by atoms with van der Waals surface area (Å²) in [6.45, 7) is 3.59. The van der Waals surface area contributed by atoms with Gasteiger partial charge in [0.15, 0.2) is 0 Å². The van der Waals surface area contributed by atoms with Gasteiger partial charge in [-0.15, -0.1) is 0 Å². The second-order valence-electron chi connectivity index (χ2n) is 8.29. The topological polar surface area (TPSA) is 70.6 Å². The number of aromatic nitrogens is 1. The number of pyridine rings is 1. The van der Waals surface area contributed by atoms with Crippen LogP contribution in [0.1, 0.15) is 40.9 Å². The Morgan fingerprint density at radius 1 is 0.968 bits per heavy atom. The Hall–Kier alpha value is -2.77. The Morgan fingerprint density at radius 3 is 2.55 bits per heavy atom. The highest BCUT2D eigenvalue weighted by atomic mass is 32.2. The summed E-state index contributed by atoms with van der Waals surface area (Å²) < 4.78 is 27.7. The number of fused-ring (bicyclic) bond motifs is 2. The molecule has 3 heterocycles. The van der Waals surface area contributed by atoms with Crippen molar-refractivity contribution in [3.8, 4) is 0 Å². The number of para-hydroxylation sites is 1. The van der Waals surface area contributed by atoms with Crippen LogP contribution in [0.25, 0.3) is 10.9 Å². The van der Waals surface area contributed by atoms with Gasteiger partial charge in [-0.05, 0) is 62.1 Å². The minimum Gasteiger partial charge on any atom is -0.308 e. The summed E-state index contributed by atoms with van der Waals surface area (Å²) in [6.07, 6.45) is 3.54. The maximum Gasteiger partial charge on any atom is 0.259 e. The van der Waals surface area contributed by atoms with Crippen molar-refractivity contribution >= 4 is 32.5 Å². The molecule has 2 aliphatic heterocycles. The lowest BCUT2D eigenvalue weighted by molar-refractivity contribution is 0.0991. The molecule has 160 valence electrons. The van der Waals surface area contributed by atoms with Crippen LogP contribution in [0.15, 0.2) is 53.4 Å². The number of carbonyl (C=O) groups excluding carboxylic acids is 1. The molecule has 2 aliphatic rings. The minimum atomic E-state index is -3.49. The molecule has 1 fully saturated rings. The number of piperidine rings is 1. The first kappa shape index (κ1) is 20.2. The number of anilines is 1. The average molecular weight is 436 g/mol. The van der Waals surface area contributed by atoms with E-state index in [9.17, 15) is 13.2 Å². The van der Waals surface area contributed by atoms with Crippen LogP contribution in [0.4, 0.5) is 5.69 Å². The molecule has 31 heavy (non-hydrogen) atoms. The second-order valence-corrected chi connectivity index (χ2v) is 10.2. The van der Waals surface area contributed by atoms with Gasteiger partial charge in [-0.2, -0.15) is 4.31 Å². The SMILES string of the molecule is Cc1cc(C(=O)N2CCc3cc(S(=O)(=O)N4CCCCC4)ccc32)c2ccccc2n1. The molecule has 0 atom stereocenters. The molecule has 1 saturated heterocycles. The van der Waals surface area contributed by atoms with Gasteiger partial charge in [0, 0.05) is 36.4 Å². The molecular weight excluding hydrogens is 410 g/mol. The van der Waals surface area contributed by atoms with Crippen LogP contribution in [0, 0.1) is 6.92 Å². The van der Waals surface area contributed by atoms with Gasteiger partial charge in [0.25, 0.3) is 5.91 Å². The van der Waals surface area contributed by atoms with Gasteiger partial charge < -0.3 is 4.90 Å². The van der Waals surface area contributed by atoms with E-state index in [0.29, 0.717) is 36.5 Å². The Bertz CT molecular complexity index is 1280. The monoisotopic (exact) mass is 435 g/mol. The molecular formula is C24H25N3O3S. The van der Waals surface area contributed by atoms with Crippen molar-refractivity contribution in [2.24, 2.45) is 0 Å². The summed E-state index contributed by atoms with van der Waals surface area (Å²) in [4.78, 5) is 20.1. The summed E-state index contributed by atoms with van der Waals surface area (Å²) in [6, 6.07) is 14.7. The van der Waals surface area contributed by atoms with Crippen molar-refractivity contribution in [3.63, 3.8) is 0 Å². The van der Waals surface area contributed by atoms with Gasteiger partial charge in [-0.25, -0.2) is 8.42 Å². The number of hydrogen-bond donors (Lipinski definition) is 0. The smallest absolute Gasteiger partial charge is 0.259 e. The highest BCUT2D eigenvalue weighted by Crippen LogP contribution is 2.33. The Balaban J connectivity index is 1.49. The van der Waals surface area contributed by atoms with Crippen LogP contribution in [-0.2, 0) is 16.4 Å². The number of carbonyl (C=O) groups is 1. The first-order valence-electron chi connectivity index (χ1n) is 10.8. The summed E-state index contributed by atoms with van der Waals surface area (Å²) in [7, 11) is -3.49. The number of aryl methyl sites for hydroxylation is 1. The molecule has 2 aromatic carbocycles. The van der Waals surface area contributed by atoms with E-state index in [1.54, 1.807) is 27.4 Å². The van der Waals surface area contributed by atoms with E-state index >= 15 is 0 Å². The van der Waals surface area contributed by atoms with Crippen LogP contribution >= 0.6 is 0 Å². The predicted molar refractivity (Wildman–Crippen MR) is 121 cm³/mol. The molecule has 1 amide bonds. The van der Waals surface area contributed by atoms with E-state index < -0.39 is 10.0 Å². The first-order valence-corrected chi connectivity index (χ1v) is 12.2. The second kappa shape index (κ2) is 7.73. The quantitative estimate of drug-likeness (QED) is 0.625. The molecule has 1 aromatic heterocycles. The van der Waals surface area contributed by atoms with Crippen LogP contribution in [0.3, 0.4) is 0 Å². The fourth-order valence-electron chi connectivity index (χ4n) is 4.63. The van der Waals surface area contributed by atoms with Crippen molar-refractivity contribution in [2.45, 2.75) is 37.5 Å². The van der Waals surface area contributed by atoms with Crippen LogP contribution in [-0.4, -0.2) is 43.2 Å². The Morgan fingerprint density at radius 2 is 1.74 bits per heavy atom. The fourth-order valence-corrected chi connectivity index (χ4v) is 6.20. The van der Waals surface area contributed by atoms with Crippen molar-refractivity contribution in [3.05, 3.63) is 65.4 Å². The van der Waals surface area contributed by atoms with Crippen LogP contribution in [0.5, 0.6) is 0 Å². The molecule has 5 rings (SSSR count). The Kier molecular flexibility index (Phi) is 5.02. The molecule has 7 heteroatoms. The number of amides is 1. The highest BCUT2D eigenvalue weighted by molar-refractivity contribution is 7.89. The van der Waals surface area contributed by atoms with Gasteiger partial charge >= 0.3 is 0 Å². The third-order valence-corrected chi connectivity index (χ3v) is 8.11. The lowest BCUT2D eigenvalue weighted by Crippen LogP contribution is -2.35. The van der Waals surface area contributed by atoms with E-state index in [4.69, 9.17) is 0 Å². The third kappa shape index (κ3) is 3.51. The van der Waals surface area contributed by atoms with Crippen molar-refractivity contribution in [2.75, 3.05) is 24.5 Å². The third-order valence-electron chi connectivity index (χ3n) is 6.22. The molecule has 0 bridgehead atoms. The fraction of sp³-hybridized carbons (Fsp3) is 0.333. The van der Waals surface area contributed by atoms with Crippen molar-refractivity contribution in [1.82, 2.24) is 9.29 Å². The molecule has 0 saturated carbocycles. The van der Waals surface area contributed by atoms with E-state index in [1.807, 2.05) is 37.3 Å². The average Bonchev–Trinajstić information content (AvgIpc) is 3.22. The standard InChI is InChI=1S/C24H25N3O3S/c1-17-15-21(20-7-3-4-8-22(20)25-17)24(28)27-14-11-18-16-19(9-10-23(18)27)31(29,30)26-12-5-2-6-13-26/h3-4,7-10,15-16H,2,5-6,11-14H2,1H3. The summed E-state index contributed by atoms with van der Waals surface area (Å²) >= 11 is 0. The largest absolute Gasteiger partial charge is 0.308 e. The van der Waals surface area contributed by atoms with E-state index in [2.05, 4.69) is 4.98 Å². The lowest BCUT2D eigenvalue weighted by atomic mass is 10.1. The maximum absolute atomic E-state index is 13.5. The number of sulfonamides is 1. The number of benzene rings is 2. The minimum absolute atomic E-state index is 0.0768. The number of nitrogens with zero attached hydrogens (tertiary/aromatic N) is 3. The van der Waals surface area contributed by atoms with Crippen LogP contribution < -0.4 is 4.90 Å². The normalized spacial score (nSPS) is 17.1. The van der Waals surface area contributed by atoms with Gasteiger partial charge in [0.05, 0.1) is 16.0 Å². The first-order chi connectivity index (χ1) is 14.9. The Labute approximate surface area is 182 Å². The molecule has 0 N–H and O–H groups in total. The molecule has 0 aliphatic carbocycles. The van der Waals surface area contributed by atoms with E-state index in [-0.39, 0.29) is 5.91 Å². The van der Waals surface area contributed by atoms with Crippen molar-refractivity contribution < 1.29 is 13.2 Å². The lowest BCUT2D eigenvalue weighted by Gasteiger charge is -2.26. The maximum atomic E-state index is 13.5. The zero-order chi connectivity index (χ0) is 21.6. The highest BCUT2D eigenvalue weighted by Gasteiger charge is 2.31. The zero-order valence-corrected chi connectivity index (χ0v) is 18.4. The van der Waals surface area contributed by atoms with Gasteiger partial charge in [0.1, 0.15) is 0 Å².